The molecule has 1 aromatic heterocycles. The number of carbonyl (C=O) groups is 2. The molecule has 3 heterocycles. The Morgan fingerprint density at radius 2 is 1.93 bits per heavy atom. The zero-order valence-electron chi connectivity index (χ0n) is 23.3. The van der Waals surface area contributed by atoms with Crippen LogP contribution in [0.15, 0.2) is 24.3 Å². The van der Waals surface area contributed by atoms with Gasteiger partial charge in [-0.25, -0.2) is 22.9 Å². The Morgan fingerprint density at radius 3 is 2.58 bits per heavy atom. The Kier molecular flexibility index (Phi) is 8.13. The molecule has 5 rings (SSSR count). The van der Waals surface area contributed by atoms with Crippen LogP contribution in [0.2, 0.25) is 0 Å². The van der Waals surface area contributed by atoms with E-state index in [1.165, 1.54) is 24.9 Å². The summed E-state index contributed by atoms with van der Waals surface area (Å²) in [6, 6.07) is 6.07. The van der Waals surface area contributed by atoms with Crippen LogP contribution >= 0.6 is 0 Å². The molecular weight excluding hydrogens is 523 g/mol. The minimum absolute atomic E-state index is 0.0868. The lowest BCUT2D eigenvalue weighted by molar-refractivity contribution is -0.151. The molecule has 2 atom stereocenters. The summed E-state index contributed by atoms with van der Waals surface area (Å²) >= 11 is 0. The fraction of sp³-hybridized carbons (Fsp3) is 0.621. The molecule has 2 aliphatic heterocycles. The molecule has 0 bridgehead atoms. The Balaban J connectivity index is 1.22. The van der Waals surface area contributed by atoms with Crippen molar-refractivity contribution >= 4 is 12.0 Å². The van der Waals surface area contributed by atoms with Crippen molar-refractivity contribution in [3.8, 4) is 0 Å². The van der Waals surface area contributed by atoms with Gasteiger partial charge in [0.05, 0.1) is 25.4 Å². The number of rotatable bonds is 7. The first-order valence-corrected chi connectivity index (χ1v) is 14.1. The van der Waals surface area contributed by atoms with Crippen LogP contribution in [0.25, 0.3) is 0 Å². The molecule has 0 radical (unpaired) electrons. The van der Waals surface area contributed by atoms with E-state index in [0.717, 1.165) is 43.9 Å². The summed E-state index contributed by atoms with van der Waals surface area (Å²) in [7, 11) is 1.39. The summed E-state index contributed by atoms with van der Waals surface area (Å²) in [5.41, 5.74) is 2.77. The summed E-state index contributed by atoms with van der Waals surface area (Å²) in [5, 5.41) is 2.94. The van der Waals surface area contributed by atoms with Crippen molar-refractivity contribution in [3.05, 3.63) is 52.9 Å². The maximum absolute atomic E-state index is 14.0. The quantitative estimate of drug-likeness (QED) is 0.527. The molecule has 1 aliphatic carbocycles. The summed E-state index contributed by atoms with van der Waals surface area (Å²) < 4.78 is 48.0. The molecule has 2 amide bonds. The van der Waals surface area contributed by atoms with Crippen LogP contribution in [0.5, 0.6) is 0 Å². The van der Waals surface area contributed by atoms with E-state index in [2.05, 4.69) is 21.7 Å². The van der Waals surface area contributed by atoms with Crippen LogP contribution in [0.3, 0.4) is 0 Å². The summed E-state index contributed by atoms with van der Waals surface area (Å²) in [5.74, 6) is -3.31. The number of nitrogens with one attached hydrogen (secondary N) is 1. The van der Waals surface area contributed by atoms with Gasteiger partial charge in [0, 0.05) is 62.6 Å². The SMILES string of the molecule is COC(=O)N1CCc2c(nc(C)n2C2CCN(C(C)C[C@H](NC(=O)C3CC(F)(F)C3)c3cccc(F)c3)CC2)C1. The van der Waals surface area contributed by atoms with Crippen molar-refractivity contribution in [2.75, 3.05) is 26.7 Å². The van der Waals surface area contributed by atoms with Gasteiger partial charge < -0.3 is 24.4 Å². The number of ether oxygens (including phenoxy) is 1. The van der Waals surface area contributed by atoms with Crippen molar-refractivity contribution < 1.29 is 27.5 Å². The molecule has 218 valence electrons. The van der Waals surface area contributed by atoms with E-state index in [1.807, 2.05) is 6.92 Å². The van der Waals surface area contributed by atoms with Crippen LogP contribution in [-0.4, -0.2) is 70.1 Å². The predicted octanol–water partition coefficient (Wildman–Crippen LogP) is 4.77. The van der Waals surface area contributed by atoms with Gasteiger partial charge in [0.2, 0.25) is 11.8 Å². The minimum atomic E-state index is -2.78. The first-order chi connectivity index (χ1) is 19.0. The van der Waals surface area contributed by atoms with Crippen LogP contribution < -0.4 is 5.32 Å². The molecule has 40 heavy (non-hydrogen) atoms. The number of aryl methyl sites for hydroxylation is 1. The smallest absolute Gasteiger partial charge is 0.409 e. The fourth-order valence-electron chi connectivity index (χ4n) is 6.52. The Hall–Kier alpha value is -3.08. The first-order valence-electron chi connectivity index (χ1n) is 14.1. The lowest BCUT2D eigenvalue weighted by atomic mass is 9.80. The van der Waals surface area contributed by atoms with E-state index in [9.17, 15) is 22.8 Å². The number of hydrogen-bond donors (Lipinski definition) is 1. The second-order valence-corrected chi connectivity index (χ2v) is 11.5. The van der Waals surface area contributed by atoms with Gasteiger partial charge in [-0.15, -0.1) is 0 Å². The number of methoxy groups -OCH3 is 1. The van der Waals surface area contributed by atoms with E-state index < -0.39 is 42.4 Å². The number of likely N-dealkylation sites (tertiary alicyclic amines) is 1. The lowest BCUT2D eigenvalue weighted by Gasteiger charge is -2.39. The second-order valence-electron chi connectivity index (χ2n) is 11.5. The normalized spacial score (nSPS) is 21.3. The van der Waals surface area contributed by atoms with E-state index in [4.69, 9.17) is 9.72 Å². The summed E-state index contributed by atoms with van der Waals surface area (Å²) in [6.07, 6.45) is 1.95. The maximum atomic E-state index is 14.0. The third-order valence-electron chi connectivity index (χ3n) is 8.75. The molecule has 0 spiro atoms. The number of aromatic nitrogens is 2. The number of imidazole rings is 1. The number of nitrogens with zero attached hydrogens (tertiary/aromatic N) is 4. The highest BCUT2D eigenvalue weighted by Gasteiger charge is 2.49. The Bertz CT molecular complexity index is 1240. The fourth-order valence-corrected chi connectivity index (χ4v) is 6.52. The molecule has 2 fully saturated rings. The number of hydrogen-bond acceptors (Lipinski definition) is 5. The van der Waals surface area contributed by atoms with Gasteiger partial charge in [-0.05, 0) is 50.8 Å². The van der Waals surface area contributed by atoms with Gasteiger partial charge in [0.15, 0.2) is 0 Å². The lowest BCUT2D eigenvalue weighted by Crippen LogP contribution is -2.47. The molecule has 1 unspecified atom stereocenters. The molecule has 3 aliphatic rings. The van der Waals surface area contributed by atoms with Crippen molar-refractivity contribution in [2.45, 2.75) is 83.0 Å². The van der Waals surface area contributed by atoms with Crippen LogP contribution in [0, 0.1) is 18.7 Å². The molecule has 1 N–H and O–H groups in total. The van der Waals surface area contributed by atoms with Gasteiger partial charge in [-0.1, -0.05) is 12.1 Å². The Morgan fingerprint density at radius 1 is 1.20 bits per heavy atom. The second kappa shape index (κ2) is 11.4. The average Bonchev–Trinajstić information content (AvgIpc) is 3.25. The standard InChI is InChI=1S/C29H38F3N5O3/c1-18(13-24(20-5-4-6-22(30)14-20)34-27(38)21-15-29(31,32)16-21)35-10-7-23(8-11-35)37-19(2)33-25-17-36(28(39)40-3)12-9-26(25)37/h4-6,14,18,21,23-24H,7-13,15-17H2,1-3H3,(H,34,38)/t18?,24-/m0/s1. The molecular formula is C29H38F3N5O3. The zero-order chi connectivity index (χ0) is 28.6. The molecule has 11 heteroatoms. The number of piperidine rings is 1. The van der Waals surface area contributed by atoms with Crippen molar-refractivity contribution in [3.63, 3.8) is 0 Å². The van der Waals surface area contributed by atoms with Crippen LogP contribution in [0.4, 0.5) is 18.0 Å². The summed E-state index contributed by atoms with van der Waals surface area (Å²) in [6.45, 7) is 6.88. The number of alkyl halides is 2. The molecule has 1 saturated carbocycles. The number of benzene rings is 1. The van der Waals surface area contributed by atoms with Crippen LogP contribution in [-0.2, 0) is 22.5 Å². The predicted molar refractivity (Wildman–Crippen MR) is 142 cm³/mol. The van der Waals surface area contributed by atoms with Gasteiger partial charge >= 0.3 is 6.09 Å². The number of halogens is 3. The molecule has 2 aromatic rings. The van der Waals surface area contributed by atoms with E-state index >= 15 is 0 Å². The average molecular weight is 562 g/mol. The highest BCUT2D eigenvalue weighted by molar-refractivity contribution is 5.80. The van der Waals surface area contributed by atoms with Crippen molar-refractivity contribution in [1.82, 2.24) is 24.7 Å². The van der Waals surface area contributed by atoms with Gasteiger partial charge in [0.1, 0.15) is 11.6 Å². The largest absolute Gasteiger partial charge is 0.453 e. The monoisotopic (exact) mass is 561 g/mol. The third-order valence-corrected chi connectivity index (χ3v) is 8.75. The van der Waals surface area contributed by atoms with Gasteiger partial charge in [0.25, 0.3) is 0 Å². The molecule has 8 nitrogen and oxygen atoms in total. The summed E-state index contributed by atoms with van der Waals surface area (Å²) in [4.78, 5) is 33.6. The van der Waals surface area contributed by atoms with E-state index in [-0.39, 0.29) is 12.1 Å². The van der Waals surface area contributed by atoms with Crippen LogP contribution in [0.1, 0.15) is 73.9 Å². The van der Waals surface area contributed by atoms with E-state index in [1.54, 1.807) is 17.0 Å². The highest BCUT2D eigenvalue weighted by atomic mass is 19.3. The number of carbonyl (C=O) groups excluding carboxylic acids is 2. The van der Waals surface area contributed by atoms with Gasteiger partial charge in [-0.3, -0.25) is 4.79 Å². The minimum Gasteiger partial charge on any atom is -0.453 e. The molecule has 1 saturated heterocycles. The van der Waals surface area contributed by atoms with Crippen molar-refractivity contribution in [1.29, 1.82) is 0 Å². The zero-order valence-corrected chi connectivity index (χ0v) is 23.3. The third kappa shape index (κ3) is 5.99. The highest BCUT2D eigenvalue weighted by Crippen LogP contribution is 2.43. The van der Waals surface area contributed by atoms with Gasteiger partial charge in [-0.2, -0.15) is 0 Å². The van der Waals surface area contributed by atoms with E-state index in [0.29, 0.717) is 31.1 Å². The number of fused-ring (bicyclic) bond motifs is 1. The van der Waals surface area contributed by atoms with Crippen molar-refractivity contribution in [2.24, 2.45) is 5.92 Å². The number of amides is 2. The Labute approximate surface area is 232 Å². The first kappa shape index (κ1) is 28.4. The molecule has 1 aromatic carbocycles. The maximum Gasteiger partial charge on any atom is 0.409 e. The topological polar surface area (TPSA) is 79.7 Å².